The predicted molar refractivity (Wildman–Crippen MR) is 120 cm³/mol. The van der Waals surface area contributed by atoms with E-state index in [1.807, 2.05) is 24.3 Å². The van der Waals surface area contributed by atoms with Gasteiger partial charge in [0.1, 0.15) is 18.0 Å². The number of hydrogen-bond donors (Lipinski definition) is 5. The van der Waals surface area contributed by atoms with E-state index in [1.54, 1.807) is 36.7 Å². The van der Waals surface area contributed by atoms with Crippen molar-refractivity contribution in [1.82, 2.24) is 30.0 Å². The van der Waals surface area contributed by atoms with Crippen LogP contribution in [0, 0.1) is 0 Å². The van der Waals surface area contributed by atoms with Gasteiger partial charge >= 0.3 is 0 Å². The Morgan fingerprint density at radius 2 is 1.72 bits per heavy atom. The molecule has 0 radical (unpaired) electrons. The van der Waals surface area contributed by atoms with Crippen LogP contribution >= 0.6 is 0 Å². The molecule has 164 valence electrons. The first kappa shape index (κ1) is 21.4. The van der Waals surface area contributed by atoms with Gasteiger partial charge in [-0.3, -0.25) is 14.8 Å². The first-order chi connectivity index (χ1) is 15.6. The zero-order valence-electron chi connectivity index (χ0n) is 17.4. The van der Waals surface area contributed by atoms with E-state index >= 15 is 0 Å². The topological polar surface area (TPSA) is 155 Å². The van der Waals surface area contributed by atoms with Crippen molar-refractivity contribution < 1.29 is 4.79 Å². The molecular weight excluding hydrogens is 406 g/mol. The zero-order chi connectivity index (χ0) is 22.3. The number of aromatic amines is 2. The number of carbonyl (C=O) groups excluding carboxylic acids is 1. The molecule has 2 aromatic carbocycles. The summed E-state index contributed by atoms with van der Waals surface area (Å²) in [6.45, 7) is 1.87. The summed E-state index contributed by atoms with van der Waals surface area (Å²) >= 11 is 0. The molecule has 2 aromatic heterocycles. The van der Waals surface area contributed by atoms with Crippen LogP contribution in [0.1, 0.15) is 39.3 Å². The molecule has 0 aliphatic carbocycles. The number of nitrogens with two attached hydrogens (primary N) is 2. The van der Waals surface area contributed by atoms with Gasteiger partial charge in [0, 0.05) is 30.2 Å². The van der Waals surface area contributed by atoms with Gasteiger partial charge in [0.05, 0.1) is 19.3 Å². The maximum atomic E-state index is 12.6. The molecule has 32 heavy (non-hydrogen) atoms. The summed E-state index contributed by atoms with van der Waals surface area (Å²) in [5.74, 6) is 1.45. The van der Waals surface area contributed by atoms with Crippen molar-refractivity contribution in [2.45, 2.75) is 25.8 Å². The van der Waals surface area contributed by atoms with Gasteiger partial charge in [0.25, 0.3) is 5.91 Å². The molecule has 10 nitrogen and oxygen atoms in total. The zero-order valence-corrected chi connectivity index (χ0v) is 17.4. The van der Waals surface area contributed by atoms with E-state index in [-0.39, 0.29) is 5.91 Å². The molecule has 10 heteroatoms. The maximum absolute atomic E-state index is 12.6. The molecule has 0 spiro atoms. The Morgan fingerprint density at radius 3 is 2.34 bits per heavy atom. The fraction of sp³-hybridized carbons (Fsp3) is 0.182. The summed E-state index contributed by atoms with van der Waals surface area (Å²) in [6, 6.07) is 14.7. The van der Waals surface area contributed by atoms with Crippen molar-refractivity contribution in [2.24, 2.45) is 11.5 Å². The predicted octanol–water partition coefficient (Wildman–Crippen LogP) is 1.90. The van der Waals surface area contributed by atoms with E-state index in [1.165, 1.54) is 6.33 Å². The van der Waals surface area contributed by atoms with Gasteiger partial charge < -0.3 is 21.8 Å². The Balaban J connectivity index is 1.40. The number of carbonyl (C=O) groups is 1. The monoisotopic (exact) mass is 431 g/mol. The highest BCUT2D eigenvalue weighted by Crippen LogP contribution is 2.15. The molecule has 0 saturated carbocycles. The van der Waals surface area contributed by atoms with Crippen LogP contribution in [-0.2, 0) is 19.6 Å². The summed E-state index contributed by atoms with van der Waals surface area (Å²) in [5, 5.41) is 9.69. The highest BCUT2D eigenvalue weighted by atomic mass is 16.1. The highest BCUT2D eigenvalue weighted by Gasteiger charge is 2.13. The van der Waals surface area contributed by atoms with Crippen LogP contribution in [0.3, 0.4) is 0 Å². The number of anilines is 1. The molecule has 0 bridgehead atoms. The van der Waals surface area contributed by atoms with Crippen LogP contribution in [0.2, 0.25) is 0 Å². The first-order valence-electron chi connectivity index (χ1n) is 10.1. The van der Waals surface area contributed by atoms with E-state index < -0.39 is 6.17 Å². The van der Waals surface area contributed by atoms with Crippen LogP contribution in [0.25, 0.3) is 0 Å². The van der Waals surface area contributed by atoms with Gasteiger partial charge in [-0.15, -0.1) is 0 Å². The Labute approximate surface area is 185 Å². The smallest absolute Gasteiger partial charge is 0.255 e. The third-order valence-corrected chi connectivity index (χ3v) is 4.94. The van der Waals surface area contributed by atoms with Crippen molar-refractivity contribution in [3.63, 3.8) is 0 Å². The average molecular weight is 432 g/mol. The summed E-state index contributed by atoms with van der Waals surface area (Å²) in [6.07, 6.45) is 4.48. The highest BCUT2D eigenvalue weighted by molar-refractivity contribution is 6.04. The van der Waals surface area contributed by atoms with Gasteiger partial charge in [-0.1, -0.05) is 24.3 Å². The normalized spacial score (nSPS) is 11.2. The van der Waals surface area contributed by atoms with Crippen LogP contribution in [-0.4, -0.2) is 36.0 Å². The largest absolute Gasteiger partial charge is 0.348 e. The summed E-state index contributed by atoms with van der Waals surface area (Å²) in [5.41, 5.74) is 14.4. The second kappa shape index (κ2) is 9.96. The molecule has 0 saturated heterocycles. The van der Waals surface area contributed by atoms with E-state index in [9.17, 15) is 4.79 Å². The van der Waals surface area contributed by atoms with Gasteiger partial charge in [-0.05, 0) is 35.4 Å². The van der Waals surface area contributed by atoms with Gasteiger partial charge in [0.15, 0.2) is 0 Å². The number of benzene rings is 2. The minimum Gasteiger partial charge on any atom is -0.348 e. The van der Waals surface area contributed by atoms with Crippen LogP contribution in [0.4, 0.5) is 5.69 Å². The van der Waals surface area contributed by atoms with Crippen LogP contribution < -0.4 is 16.8 Å². The quantitative estimate of drug-likeness (QED) is 0.253. The number of imidazole rings is 1. The molecule has 0 unspecified atom stereocenters. The lowest BCUT2D eigenvalue weighted by atomic mass is 10.1. The number of H-pyrrole nitrogens is 2. The Kier molecular flexibility index (Phi) is 6.66. The lowest BCUT2D eigenvalue weighted by Crippen LogP contribution is -2.23. The van der Waals surface area contributed by atoms with Crippen LogP contribution in [0.5, 0.6) is 0 Å². The van der Waals surface area contributed by atoms with Gasteiger partial charge in [0.2, 0.25) is 0 Å². The molecule has 0 atom stereocenters. The average Bonchev–Trinajstić information content (AvgIpc) is 3.49. The van der Waals surface area contributed by atoms with Crippen molar-refractivity contribution in [3.05, 3.63) is 95.6 Å². The molecular formula is C22H25N9O. The summed E-state index contributed by atoms with van der Waals surface area (Å²) < 4.78 is 0. The van der Waals surface area contributed by atoms with Crippen molar-refractivity contribution in [3.8, 4) is 0 Å². The fourth-order valence-corrected chi connectivity index (χ4v) is 3.29. The number of aromatic nitrogens is 5. The standard InChI is InChI=1S/C22H25N9O/c23-21(24)16-5-7-18(8-6-16)29-22(32)17-3-1-15(2-4-17)11-31(12-19-25-9-10-26-19)13-20-27-14-28-30-20/h1-10,14,21H,11-13,23-24H2,(H,25,26)(H,29,32)(H,27,28,30). The fourth-order valence-electron chi connectivity index (χ4n) is 3.29. The van der Waals surface area contributed by atoms with E-state index in [0.717, 1.165) is 22.8 Å². The minimum absolute atomic E-state index is 0.185. The lowest BCUT2D eigenvalue weighted by molar-refractivity contribution is 0.102. The number of rotatable bonds is 9. The molecule has 4 rings (SSSR count). The van der Waals surface area contributed by atoms with Gasteiger partial charge in [-0.2, -0.15) is 5.10 Å². The molecule has 2 heterocycles. The van der Waals surface area contributed by atoms with E-state index in [4.69, 9.17) is 11.5 Å². The van der Waals surface area contributed by atoms with E-state index in [0.29, 0.717) is 30.9 Å². The molecule has 0 aliphatic heterocycles. The number of amides is 1. The van der Waals surface area contributed by atoms with Crippen molar-refractivity contribution in [1.29, 1.82) is 0 Å². The maximum Gasteiger partial charge on any atom is 0.255 e. The molecule has 0 aliphatic rings. The SMILES string of the molecule is NC(N)c1ccc(NC(=O)c2ccc(CN(Cc3ncc[nH]3)Cc3ncn[nH]3)cc2)cc1. The molecule has 1 amide bonds. The summed E-state index contributed by atoms with van der Waals surface area (Å²) in [7, 11) is 0. The minimum atomic E-state index is -0.538. The number of nitrogens with zero attached hydrogens (tertiary/aromatic N) is 4. The van der Waals surface area contributed by atoms with Gasteiger partial charge in [-0.25, -0.2) is 9.97 Å². The first-order valence-corrected chi connectivity index (χ1v) is 10.1. The van der Waals surface area contributed by atoms with Crippen LogP contribution in [0.15, 0.2) is 67.3 Å². The Hall–Kier alpha value is -3.86. The Bertz CT molecular complexity index is 1070. The lowest BCUT2D eigenvalue weighted by Gasteiger charge is -2.20. The second-order valence-corrected chi connectivity index (χ2v) is 7.41. The van der Waals surface area contributed by atoms with Crippen molar-refractivity contribution >= 4 is 11.6 Å². The Morgan fingerprint density at radius 1 is 0.969 bits per heavy atom. The number of hydrogen-bond acceptors (Lipinski definition) is 7. The third kappa shape index (κ3) is 5.64. The molecule has 7 N–H and O–H groups in total. The van der Waals surface area contributed by atoms with E-state index in [2.05, 4.69) is 35.4 Å². The summed E-state index contributed by atoms with van der Waals surface area (Å²) in [4.78, 5) is 26.4. The van der Waals surface area contributed by atoms with Crippen molar-refractivity contribution in [2.75, 3.05) is 5.32 Å². The molecule has 4 aromatic rings. The number of nitrogens with one attached hydrogen (secondary N) is 3. The molecule has 0 fully saturated rings. The third-order valence-electron chi connectivity index (χ3n) is 4.94. The second-order valence-electron chi connectivity index (χ2n) is 7.41.